The van der Waals surface area contributed by atoms with Gasteiger partial charge in [0.15, 0.2) is 11.6 Å². The summed E-state index contributed by atoms with van der Waals surface area (Å²) in [6, 6.07) is 10.3. The number of rotatable bonds is 8. The number of imidazole rings is 1. The van der Waals surface area contributed by atoms with Gasteiger partial charge in [0.2, 0.25) is 11.8 Å². The number of fused-ring (bicyclic) bond motifs is 3. The van der Waals surface area contributed by atoms with Crippen molar-refractivity contribution in [2.24, 2.45) is 17.3 Å². The highest BCUT2D eigenvalue weighted by molar-refractivity contribution is 14.1. The number of aliphatic hydroxyl groups excluding tert-OH is 1. The van der Waals surface area contributed by atoms with Crippen LogP contribution in [0.1, 0.15) is 69.9 Å². The van der Waals surface area contributed by atoms with E-state index in [1.165, 1.54) is 12.4 Å². The van der Waals surface area contributed by atoms with E-state index in [4.69, 9.17) is 9.97 Å². The first-order valence-electron chi connectivity index (χ1n) is 18.8. The lowest BCUT2D eigenvalue weighted by atomic mass is 9.73. The molecule has 1 unspecified atom stereocenters. The zero-order valence-electron chi connectivity index (χ0n) is 31.0. The quantitative estimate of drug-likeness (QED) is 0.149. The van der Waals surface area contributed by atoms with Gasteiger partial charge in [0.25, 0.3) is 0 Å². The molecule has 3 fully saturated rings. The van der Waals surface area contributed by atoms with E-state index in [9.17, 15) is 19.1 Å². The molecule has 0 bridgehead atoms. The number of carbonyl (C=O) groups excluding carboxylic acids is 2. The second-order valence-electron chi connectivity index (χ2n) is 16.4. The number of aliphatic hydroxyl groups is 1. The van der Waals surface area contributed by atoms with E-state index in [1.807, 2.05) is 21.6 Å². The van der Waals surface area contributed by atoms with Gasteiger partial charge in [-0.15, -0.1) is 0 Å². The third kappa shape index (κ3) is 6.10. The van der Waals surface area contributed by atoms with E-state index < -0.39 is 16.6 Å². The third-order valence-corrected chi connectivity index (χ3v) is 13.1. The highest BCUT2D eigenvalue weighted by atomic mass is 127. The Morgan fingerprint density at radius 1 is 1.11 bits per heavy atom. The Morgan fingerprint density at radius 2 is 1.83 bits per heavy atom. The number of alkyl halides is 1. The predicted molar refractivity (Wildman–Crippen MR) is 212 cm³/mol. The van der Waals surface area contributed by atoms with Crippen LogP contribution >= 0.6 is 22.6 Å². The van der Waals surface area contributed by atoms with Crippen LogP contribution in [-0.2, 0) is 15.0 Å². The number of nitrogens with one attached hydrogen (secondary N) is 1. The van der Waals surface area contributed by atoms with Gasteiger partial charge < -0.3 is 24.8 Å². The number of pyridine rings is 2. The Hall–Kier alpha value is -3.69. The van der Waals surface area contributed by atoms with Crippen molar-refractivity contribution in [2.45, 2.75) is 81.8 Å². The summed E-state index contributed by atoms with van der Waals surface area (Å²) in [6.07, 6.45) is 7.41. The molecule has 2 saturated heterocycles. The van der Waals surface area contributed by atoms with Crippen molar-refractivity contribution in [2.75, 3.05) is 43.0 Å². The monoisotopic (exact) mass is 834 g/mol. The number of benzene rings is 1. The molecule has 1 aromatic carbocycles. The molecular weight excluding hydrogens is 786 g/mol. The average molecular weight is 835 g/mol. The molecule has 13 heteroatoms. The number of hydrogen-bond acceptors (Lipinski definition) is 8. The number of carbonyl (C=O) groups is 2. The van der Waals surface area contributed by atoms with Crippen LogP contribution in [0.3, 0.4) is 0 Å². The number of amides is 2. The first-order chi connectivity index (χ1) is 25.3. The number of anilines is 3. The molecule has 6 heterocycles. The Balaban J connectivity index is 1.17. The molecule has 2 N–H and O–H groups in total. The Kier molecular flexibility index (Phi) is 9.28. The molecule has 0 radical (unpaired) electrons. The van der Waals surface area contributed by atoms with Crippen molar-refractivity contribution in [3.63, 3.8) is 0 Å². The minimum atomic E-state index is -0.871. The van der Waals surface area contributed by atoms with Crippen LogP contribution < -0.4 is 10.2 Å². The second-order valence-corrected chi connectivity index (χ2v) is 18.2. The molecule has 3 atom stereocenters. The van der Waals surface area contributed by atoms with Crippen LogP contribution in [-0.4, -0.2) is 91.1 Å². The summed E-state index contributed by atoms with van der Waals surface area (Å²) in [5.74, 6) is 1.38. The molecule has 4 aromatic rings. The van der Waals surface area contributed by atoms with Gasteiger partial charge in [-0.05, 0) is 82.1 Å². The highest BCUT2D eigenvalue weighted by Crippen LogP contribution is 2.52. The van der Waals surface area contributed by atoms with Gasteiger partial charge in [0, 0.05) is 55.7 Å². The van der Waals surface area contributed by atoms with Crippen LogP contribution in [0.25, 0.3) is 22.3 Å². The fraction of sp³-hybridized carbons (Fsp3) is 0.525. The van der Waals surface area contributed by atoms with Crippen LogP contribution in [0.15, 0.2) is 49.1 Å². The molecule has 4 aliphatic rings. The zero-order valence-corrected chi connectivity index (χ0v) is 33.2. The van der Waals surface area contributed by atoms with Crippen molar-refractivity contribution in [1.29, 1.82) is 0 Å². The van der Waals surface area contributed by atoms with Gasteiger partial charge in [0.05, 0.1) is 50.9 Å². The summed E-state index contributed by atoms with van der Waals surface area (Å²) in [5, 5.41) is 13.1. The summed E-state index contributed by atoms with van der Waals surface area (Å²) in [6.45, 7) is 13.1. The van der Waals surface area contributed by atoms with Crippen LogP contribution in [0.2, 0.25) is 0 Å². The van der Waals surface area contributed by atoms with E-state index in [1.54, 1.807) is 26.2 Å². The fourth-order valence-corrected chi connectivity index (χ4v) is 9.31. The third-order valence-electron chi connectivity index (χ3n) is 12.5. The number of aromatic nitrogens is 4. The summed E-state index contributed by atoms with van der Waals surface area (Å²) in [4.78, 5) is 48.4. The number of hydrogen-bond donors (Lipinski definition) is 2. The lowest BCUT2D eigenvalue weighted by Crippen LogP contribution is -2.58. The standard InChI is InChI=1S/C40H48FIN8O3/c1-23-19-48(20-24(23)2)27-15-28(16-27)50-34-14-26(6-7-29(34)40(38(50)53)9-12-47(13-10-40)37(52)39(4,5)21-51)32-17-33-35(49(22-44-33)25(3)42)36(46-32)45-31-8-11-43-18-30(31)41/h6-8,11,14,17-18,22-25,27-28,51H,9-10,12-13,15-16,19-21H2,1-5H3,(H,43,45,46)/t23-,24+,25?,27?,28?. The van der Waals surface area contributed by atoms with Gasteiger partial charge in [-0.1, -0.05) is 48.6 Å². The zero-order chi connectivity index (χ0) is 37.4. The predicted octanol–water partition coefficient (Wildman–Crippen LogP) is 6.67. The van der Waals surface area contributed by atoms with E-state index in [2.05, 4.69) is 75.6 Å². The minimum Gasteiger partial charge on any atom is -0.395 e. The summed E-state index contributed by atoms with van der Waals surface area (Å²) in [7, 11) is 0. The lowest BCUT2D eigenvalue weighted by molar-refractivity contribution is -0.145. The molecule has 53 heavy (non-hydrogen) atoms. The smallest absolute Gasteiger partial charge is 0.238 e. The maximum atomic E-state index is 14.9. The number of likely N-dealkylation sites (tertiary alicyclic amines) is 2. The first kappa shape index (κ1) is 36.3. The van der Waals surface area contributed by atoms with Crippen LogP contribution in [0.4, 0.5) is 21.6 Å². The number of nitrogens with zero attached hydrogens (tertiary/aromatic N) is 7. The van der Waals surface area contributed by atoms with Crippen LogP contribution in [0, 0.1) is 23.1 Å². The SMILES string of the molecule is CC(I)n1cnc2cc(-c3ccc4c(c3)N(C3CC(N5C[C@@H](C)[C@@H](C)C5)C3)C(=O)C43CCN(C(=O)C(C)(C)CO)CC3)nc(Nc3ccncc3F)c21. The molecule has 8 rings (SSSR count). The van der Waals surface area contributed by atoms with E-state index in [0.717, 1.165) is 53.8 Å². The van der Waals surface area contributed by atoms with E-state index in [0.29, 0.717) is 55.3 Å². The van der Waals surface area contributed by atoms with E-state index >= 15 is 0 Å². The Labute approximate surface area is 323 Å². The van der Waals surface area contributed by atoms with Gasteiger partial charge in [-0.25, -0.2) is 14.4 Å². The summed E-state index contributed by atoms with van der Waals surface area (Å²) < 4.78 is 16.9. The van der Waals surface area contributed by atoms with Gasteiger partial charge in [-0.2, -0.15) is 0 Å². The van der Waals surface area contributed by atoms with Gasteiger partial charge in [0.1, 0.15) is 5.52 Å². The first-order valence-corrected chi connectivity index (χ1v) is 20.1. The second kappa shape index (κ2) is 13.6. The van der Waals surface area contributed by atoms with E-state index in [-0.39, 0.29) is 34.2 Å². The van der Waals surface area contributed by atoms with Crippen molar-refractivity contribution in [1.82, 2.24) is 29.3 Å². The summed E-state index contributed by atoms with van der Waals surface area (Å²) in [5.41, 5.74) is 3.57. The van der Waals surface area contributed by atoms with Crippen molar-refractivity contribution in [3.05, 3.63) is 60.4 Å². The van der Waals surface area contributed by atoms with Crippen molar-refractivity contribution < 1.29 is 19.1 Å². The molecule has 280 valence electrons. The van der Waals surface area contributed by atoms with Crippen molar-refractivity contribution >= 4 is 62.6 Å². The molecule has 1 aliphatic carbocycles. The normalized spacial score (nSPS) is 24.9. The lowest BCUT2D eigenvalue weighted by Gasteiger charge is -2.46. The maximum absolute atomic E-state index is 14.9. The Bertz CT molecular complexity index is 2060. The summed E-state index contributed by atoms with van der Waals surface area (Å²) >= 11 is 2.32. The fourth-order valence-electron chi connectivity index (χ4n) is 8.89. The number of piperidine rings is 1. The molecule has 3 aromatic heterocycles. The minimum absolute atomic E-state index is 0.0681. The largest absolute Gasteiger partial charge is 0.395 e. The van der Waals surface area contributed by atoms with Gasteiger partial charge >= 0.3 is 0 Å². The molecule has 1 spiro atoms. The molecule has 11 nitrogen and oxygen atoms in total. The maximum Gasteiger partial charge on any atom is 0.238 e. The molecule has 2 amide bonds. The molecular formula is C40H48FIN8O3. The van der Waals surface area contributed by atoms with Crippen molar-refractivity contribution in [3.8, 4) is 11.3 Å². The molecule has 1 saturated carbocycles. The topological polar surface area (TPSA) is 120 Å². The van der Waals surface area contributed by atoms with Crippen LogP contribution in [0.5, 0.6) is 0 Å². The Morgan fingerprint density at radius 3 is 2.49 bits per heavy atom. The average Bonchev–Trinajstić information content (AvgIpc) is 3.78. The highest BCUT2D eigenvalue weighted by Gasteiger charge is 2.56. The van der Waals surface area contributed by atoms with Gasteiger partial charge in [-0.3, -0.25) is 19.5 Å². The number of halogens is 2. The molecule has 3 aliphatic heterocycles.